The Morgan fingerprint density at radius 1 is 1.04 bits per heavy atom. The average Bonchev–Trinajstić information content (AvgIpc) is 2.67. The first-order chi connectivity index (χ1) is 12.9. The Hall–Kier alpha value is -3.27. The smallest absolute Gasteiger partial charge is 0.287 e. The van der Waals surface area contributed by atoms with Gasteiger partial charge in [0.25, 0.3) is 17.3 Å². The highest BCUT2D eigenvalue weighted by atomic mass is 35.5. The van der Waals surface area contributed by atoms with E-state index in [2.05, 4.69) is 4.98 Å². The third kappa shape index (κ3) is 3.95. The second-order valence-corrected chi connectivity index (χ2v) is 6.27. The molecule has 1 aromatic heterocycles. The molecule has 2 aromatic rings. The third-order valence-corrected chi connectivity index (χ3v) is 4.45. The number of carbonyl (C=O) groups is 1. The molecule has 2 heterocycles. The predicted molar refractivity (Wildman–Crippen MR) is 97.1 cm³/mol. The summed E-state index contributed by atoms with van der Waals surface area (Å²) < 4.78 is 0. The topological polar surface area (TPSA) is 123 Å². The summed E-state index contributed by atoms with van der Waals surface area (Å²) in [5, 5.41) is 22.1. The van der Waals surface area contributed by atoms with Gasteiger partial charge < -0.3 is 9.80 Å². The molecule has 140 valence electrons. The summed E-state index contributed by atoms with van der Waals surface area (Å²) in [4.78, 5) is 40.9. The summed E-state index contributed by atoms with van der Waals surface area (Å²) >= 11 is 5.88. The van der Waals surface area contributed by atoms with Gasteiger partial charge in [-0.2, -0.15) is 0 Å². The molecule has 3 rings (SSSR count). The fourth-order valence-corrected chi connectivity index (χ4v) is 2.99. The molecule has 10 nitrogen and oxygen atoms in total. The number of carbonyl (C=O) groups excluding carboxylic acids is 1. The lowest BCUT2D eigenvalue weighted by Crippen LogP contribution is -2.49. The third-order valence-electron chi connectivity index (χ3n) is 4.22. The van der Waals surface area contributed by atoms with Crippen LogP contribution in [0.4, 0.5) is 17.2 Å². The largest absolute Gasteiger partial charge is 0.353 e. The predicted octanol–water partition coefficient (Wildman–Crippen LogP) is 2.51. The Bertz CT molecular complexity index is 897. The summed E-state index contributed by atoms with van der Waals surface area (Å²) in [7, 11) is 0. The van der Waals surface area contributed by atoms with Crippen molar-refractivity contribution < 1.29 is 14.6 Å². The molecule has 1 aliphatic rings. The second kappa shape index (κ2) is 7.54. The summed E-state index contributed by atoms with van der Waals surface area (Å²) in [6.07, 6.45) is 1.18. The van der Waals surface area contributed by atoms with Gasteiger partial charge in [0.15, 0.2) is 0 Å². The van der Waals surface area contributed by atoms with E-state index in [9.17, 15) is 25.0 Å². The van der Waals surface area contributed by atoms with Gasteiger partial charge in [-0.25, -0.2) is 4.98 Å². The molecule has 0 N–H and O–H groups in total. The molecule has 1 saturated heterocycles. The van der Waals surface area contributed by atoms with Gasteiger partial charge in [0.05, 0.1) is 9.85 Å². The van der Waals surface area contributed by atoms with Crippen molar-refractivity contribution in [1.29, 1.82) is 0 Å². The number of benzene rings is 1. The number of aromatic nitrogens is 1. The van der Waals surface area contributed by atoms with Crippen LogP contribution < -0.4 is 4.90 Å². The minimum Gasteiger partial charge on any atom is -0.353 e. The fourth-order valence-electron chi connectivity index (χ4n) is 2.82. The van der Waals surface area contributed by atoms with Crippen LogP contribution >= 0.6 is 11.6 Å². The van der Waals surface area contributed by atoms with E-state index in [1.165, 1.54) is 35.4 Å². The van der Waals surface area contributed by atoms with Gasteiger partial charge in [0.1, 0.15) is 17.6 Å². The van der Waals surface area contributed by atoms with Crippen molar-refractivity contribution in [2.24, 2.45) is 0 Å². The van der Waals surface area contributed by atoms with Crippen LogP contribution in [0.3, 0.4) is 0 Å². The van der Waals surface area contributed by atoms with Crippen molar-refractivity contribution >= 4 is 34.7 Å². The zero-order chi connectivity index (χ0) is 19.6. The maximum absolute atomic E-state index is 12.7. The number of anilines is 1. The van der Waals surface area contributed by atoms with E-state index in [1.54, 1.807) is 6.07 Å². The van der Waals surface area contributed by atoms with Crippen LogP contribution in [0.15, 0.2) is 36.5 Å². The SMILES string of the molecule is O=C(c1cc(Cl)ccc1[N+](=O)[O-])N1CCN(c2ccc([N+](=O)[O-])cn2)CC1. The van der Waals surface area contributed by atoms with Crippen LogP contribution in [0.5, 0.6) is 0 Å². The lowest BCUT2D eigenvalue weighted by molar-refractivity contribution is -0.385. The lowest BCUT2D eigenvalue weighted by atomic mass is 10.1. The van der Waals surface area contributed by atoms with E-state index in [-0.39, 0.29) is 22.0 Å². The number of hydrogen-bond donors (Lipinski definition) is 0. The summed E-state index contributed by atoms with van der Waals surface area (Å²) in [6.45, 7) is 1.57. The molecule has 0 atom stereocenters. The first kappa shape index (κ1) is 18.5. The maximum Gasteiger partial charge on any atom is 0.287 e. The summed E-state index contributed by atoms with van der Waals surface area (Å²) in [5.74, 6) is 0.113. The molecule has 0 aliphatic carbocycles. The van der Waals surface area contributed by atoms with Gasteiger partial charge >= 0.3 is 0 Å². The van der Waals surface area contributed by atoms with Crippen LogP contribution in [0, 0.1) is 20.2 Å². The number of nitro groups is 2. The first-order valence-corrected chi connectivity index (χ1v) is 8.33. The van der Waals surface area contributed by atoms with Crippen LogP contribution in [0.25, 0.3) is 0 Å². The fraction of sp³-hybridized carbons (Fsp3) is 0.250. The van der Waals surface area contributed by atoms with E-state index in [0.717, 1.165) is 0 Å². The molecule has 1 aliphatic heterocycles. The number of halogens is 1. The molecule has 0 unspecified atom stereocenters. The van der Waals surface area contributed by atoms with Crippen LogP contribution in [0.2, 0.25) is 5.02 Å². The van der Waals surface area contributed by atoms with E-state index in [0.29, 0.717) is 32.0 Å². The highest BCUT2D eigenvalue weighted by molar-refractivity contribution is 6.31. The molecule has 0 saturated carbocycles. The average molecular weight is 392 g/mol. The van der Waals surface area contributed by atoms with Gasteiger partial charge in [-0.1, -0.05) is 11.6 Å². The second-order valence-electron chi connectivity index (χ2n) is 5.83. The maximum atomic E-state index is 12.7. The minimum atomic E-state index is -0.611. The number of amides is 1. The van der Waals surface area contributed by atoms with Crippen molar-refractivity contribution in [3.05, 3.63) is 67.3 Å². The Labute approximate surface area is 158 Å². The molecular weight excluding hydrogens is 378 g/mol. The van der Waals surface area contributed by atoms with Crippen LogP contribution in [-0.4, -0.2) is 51.8 Å². The molecule has 1 amide bonds. The van der Waals surface area contributed by atoms with Gasteiger partial charge in [-0.05, 0) is 18.2 Å². The van der Waals surface area contributed by atoms with Gasteiger partial charge in [0.2, 0.25) is 0 Å². The monoisotopic (exact) mass is 391 g/mol. The van der Waals surface area contributed by atoms with Crippen LogP contribution in [0.1, 0.15) is 10.4 Å². The van der Waals surface area contributed by atoms with Crippen LogP contribution in [-0.2, 0) is 0 Å². The number of piperazine rings is 1. The van der Waals surface area contributed by atoms with E-state index in [1.807, 2.05) is 4.90 Å². The number of pyridine rings is 1. The molecule has 11 heteroatoms. The number of nitro benzene ring substituents is 1. The highest BCUT2D eigenvalue weighted by Crippen LogP contribution is 2.25. The van der Waals surface area contributed by atoms with E-state index >= 15 is 0 Å². The molecule has 1 aromatic carbocycles. The van der Waals surface area contributed by atoms with Crippen molar-refractivity contribution in [1.82, 2.24) is 9.88 Å². The molecule has 0 spiro atoms. The van der Waals surface area contributed by atoms with Crippen molar-refractivity contribution in [2.45, 2.75) is 0 Å². The van der Waals surface area contributed by atoms with Gasteiger partial charge in [0, 0.05) is 43.3 Å². The quantitative estimate of drug-likeness (QED) is 0.579. The zero-order valence-electron chi connectivity index (χ0n) is 13.9. The standard InChI is InChI=1S/C16H14ClN5O5/c17-11-1-3-14(22(26)27)13(9-11)16(23)20-7-5-19(6-8-20)15-4-2-12(10-18-15)21(24)25/h1-4,9-10H,5-8H2. The Kier molecular flexibility index (Phi) is 5.17. The Morgan fingerprint density at radius 3 is 2.30 bits per heavy atom. The van der Waals surface area contributed by atoms with Gasteiger partial charge in [-0.3, -0.25) is 25.0 Å². The summed E-state index contributed by atoms with van der Waals surface area (Å²) in [6, 6.07) is 6.81. The lowest BCUT2D eigenvalue weighted by Gasteiger charge is -2.35. The highest BCUT2D eigenvalue weighted by Gasteiger charge is 2.28. The van der Waals surface area contributed by atoms with Crippen molar-refractivity contribution in [3.8, 4) is 0 Å². The number of hydrogen-bond acceptors (Lipinski definition) is 7. The molecular formula is C16H14ClN5O5. The molecule has 27 heavy (non-hydrogen) atoms. The van der Waals surface area contributed by atoms with E-state index < -0.39 is 15.8 Å². The Morgan fingerprint density at radius 2 is 1.74 bits per heavy atom. The number of nitrogens with zero attached hydrogens (tertiary/aromatic N) is 5. The Balaban J connectivity index is 1.70. The van der Waals surface area contributed by atoms with Gasteiger partial charge in [-0.15, -0.1) is 0 Å². The summed E-state index contributed by atoms with van der Waals surface area (Å²) in [5.41, 5.74) is -0.431. The molecule has 1 fully saturated rings. The number of rotatable bonds is 4. The molecule has 0 radical (unpaired) electrons. The van der Waals surface area contributed by atoms with Crippen molar-refractivity contribution in [2.75, 3.05) is 31.1 Å². The minimum absolute atomic E-state index is 0.0468. The van der Waals surface area contributed by atoms with E-state index in [4.69, 9.17) is 11.6 Å². The normalized spacial score (nSPS) is 14.1. The first-order valence-electron chi connectivity index (χ1n) is 7.95. The van der Waals surface area contributed by atoms with Crippen molar-refractivity contribution in [3.63, 3.8) is 0 Å². The zero-order valence-corrected chi connectivity index (χ0v) is 14.7. The molecule has 0 bridgehead atoms.